The summed E-state index contributed by atoms with van der Waals surface area (Å²) in [5, 5.41) is 21.5. The van der Waals surface area contributed by atoms with Gasteiger partial charge in [-0.05, 0) is 0 Å². The fourth-order valence-electron chi connectivity index (χ4n) is 0. The smallest absolute Gasteiger partial charge is 0.412 e. The zero-order valence-corrected chi connectivity index (χ0v) is 7.84. The Labute approximate surface area is 83.9 Å². The van der Waals surface area contributed by atoms with E-state index < -0.39 is 7.32 Å². The van der Waals surface area contributed by atoms with Gasteiger partial charge in [-0.15, -0.1) is 0 Å². The van der Waals surface area contributed by atoms with Crippen LogP contribution in [0, 0.1) is 0 Å². The molecule has 0 aliphatic rings. The van der Waals surface area contributed by atoms with Crippen LogP contribution in [0.4, 0.5) is 0 Å². The van der Waals surface area contributed by atoms with Crippen LogP contribution in [0.25, 0.3) is 0 Å². The summed E-state index contributed by atoms with van der Waals surface area (Å²) in [7, 11) is -2.17. The molecule has 0 aliphatic heterocycles. The molecule has 4 radical (unpaired) electrons. The molecule has 0 aromatic rings. The maximum atomic E-state index is 7.17. The van der Waals surface area contributed by atoms with Gasteiger partial charge in [-0.2, -0.15) is 0 Å². The molecule has 0 fully saturated rings. The molecule has 0 saturated heterocycles. The molecule has 0 spiro atoms. The van der Waals surface area contributed by atoms with Crippen molar-refractivity contribution in [2.75, 3.05) is 0 Å². The van der Waals surface area contributed by atoms with E-state index in [9.17, 15) is 0 Å². The van der Waals surface area contributed by atoms with Crippen LogP contribution >= 0.6 is 0 Å². The first kappa shape index (κ1) is 33.7. The second-order valence-electron chi connectivity index (χ2n) is 0.346. The van der Waals surface area contributed by atoms with Gasteiger partial charge in [0, 0.05) is 27.0 Å². The molecule has 0 amide bonds. The zero-order chi connectivity index (χ0) is 3.58. The summed E-state index contributed by atoms with van der Waals surface area (Å²) in [6, 6.07) is 0. The average molecular weight is 165 g/mol. The zero-order valence-electron chi connectivity index (χ0n) is 4.44. The van der Waals surface area contributed by atoms with Crippen molar-refractivity contribution in [2.45, 2.75) is 0 Å². The fourth-order valence-corrected chi connectivity index (χ4v) is 0. The third-order valence-corrected chi connectivity index (χ3v) is 0. The summed E-state index contributed by atoms with van der Waals surface area (Å²) in [4.78, 5) is 0. The van der Waals surface area contributed by atoms with E-state index in [0.717, 1.165) is 0 Å². The third kappa shape index (κ3) is 134. The Balaban J connectivity index is -0.00000000750. The summed E-state index contributed by atoms with van der Waals surface area (Å²) in [5.74, 6) is 0. The molecule has 0 heterocycles. The van der Waals surface area contributed by atoms with E-state index in [1.807, 2.05) is 0 Å². The second-order valence-corrected chi connectivity index (χ2v) is 0.346. The van der Waals surface area contributed by atoms with E-state index in [1.54, 1.807) is 0 Å². The molecule has 0 saturated carbocycles. The summed E-state index contributed by atoms with van der Waals surface area (Å²) in [6.07, 6.45) is 0. The molecule has 0 unspecified atom stereocenters. The number of rotatable bonds is 0. The van der Waals surface area contributed by atoms with E-state index in [2.05, 4.69) is 0 Å². The third-order valence-electron chi connectivity index (χ3n) is 0. The van der Waals surface area contributed by atoms with Crippen molar-refractivity contribution in [1.82, 2.24) is 0 Å². The van der Waals surface area contributed by atoms with Gasteiger partial charge >= 0.3 is 36.9 Å². The van der Waals surface area contributed by atoms with Gasteiger partial charge in [0.05, 0.1) is 0 Å². The molecule has 0 aromatic carbocycles. The van der Waals surface area contributed by atoms with Gasteiger partial charge in [0.1, 0.15) is 0 Å². The van der Waals surface area contributed by atoms with Crippen LogP contribution in [0.3, 0.4) is 0 Å². The molecule has 0 rings (SSSR count). The van der Waals surface area contributed by atoms with Crippen LogP contribution in [0.5, 0.6) is 0 Å². The summed E-state index contributed by atoms with van der Waals surface area (Å²) in [5.41, 5.74) is 0. The first-order chi connectivity index (χ1) is 1.73. The summed E-state index contributed by atoms with van der Waals surface area (Å²) in [6.45, 7) is 0. The van der Waals surface area contributed by atoms with Gasteiger partial charge in [0.2, 0.25) is 0 Å². The molecule has 0 aliphatic carbocycles. The van der Waals surface area contributed by atoms with Gasteiger partial charge in [-0.3, -0.25) is 0 Å². The van der Waals surface area contributed by atoms with Crippen molar-refractivity contribution in [1.29, 1.82) is 0 Å². The molecular formula is H5B2NaO4V+. The topological polar surface area (TPSA) is 92.2 Å². The van der Waals surface area contributed by atoms with Crippen LogP contribution in [0.15, 0.2) is 0 Å². The molecule has 0 bridgehead atoms. The Kier molecular flexibility index (Phi) is 99.2. The monoisotopic (exact) mass is 165 g/mol. The van der Waals surface area contributed by atoms with Gasteiger partial charge in [0.25, 0.3) is 0 Å². The maximum Gasteiger partial charge on any atom is 1.00 e. The van der Waals surface area contributed by atoms with Crippen molar-refractivity contribution in [3.8, 4) is 0 Å². The van der Waals surface area contributed by atoms with E-state index in [0.29, 0.717) is 0 Å². The minimum Gasteiger partial charge on any atom is -0.412 e. The van der Waals surface area contributed by atoms with Crippen molar-refractivity contribution >= 4 is 15.7 Å². The Morgan fingerprint density at radius 3 is 1.00 bits per heavy atom. The normalized spacial score (nSPS) is 3.38. The van der Waals surface area contributed by atoms with E-state index in [4.69, 9.17) is 15.1 Å². The summed E-state index contributed by atoms with van der Waals surface area (Å²) < 4.78 is 0. The van der Waals surface area contributed by atoms with Crippen molar-refractivity contribution in [3.63, 3.8) is 0 Å². The Hall–Kier alpha value is 1.55. The van der Waals surface area contributed by atoms with Crippen LogP contribution in [0.2, 0.25) is 0 Å². The maximum absolute atomic E-state index is 7.17. The van der Waals surface area contributed by atoms with E-state index in [-0.39, 0.29) is 62.0 Å². The predicted octanol–water partition coefficient (Wildman–Crippen LogP) is -6.26. The van der Waals surface area contributed by atoms with E-state index in [1.165, 1.54) is 0 Å². The Morgan fingerprint density at radius 2 is 1.00 bits per heavy atom. The second kappa shape index (κ2) is 23.5. The number of hydrogen-bond acceptors (Lipinski definition) is 3. The quantitative estimate of drug-likeness (QED) is 0.311. The first-order valence-corrected chi connectivity index (χ1v) is 0.775. The Morgan fingerprint density at radius 1 is 1.00 bits per heavy atom. The molecule has 8 heteroatoms. The van der Waals surface area contributed by atoms with Crippen LogP contribution in [-0.2, 0) is 18.6 Å². The van der Waals surface area contributed by atoms with Gasteiger partial charge < -0.3 is 20.5 Å². The van der Waals surface area contributed by atoms with E-state index >= 15 is 0 Å². The number of hydrogen-bond donors (Lipinski definition) is 3. The average Bonchev–Trinajstić information content (AvgIpc) is 0.811. The van der Waals surface area contributed by atoms with Gasteiger partial charge in [0.15, 0.2) is 0 Å². The van der Waals surface area contributed by atoms with Crippen LogP contribution in [-0.4, -0.2) is 36.3 Å². The van der Waals surface area contributed by atoms with Crippen LogP contribution < -0.4 is 29.6 Å². The summed E-state index contributed by atoms with van der Waals surface area (Å²) >= 11 is 0. The molecule has 0 atom stereocenters. The Bertz CT molecular complexity index is 18.8. The molecule has 40 valence electrons. The minimum absolute atomic E-state index is 0. The van der Waals surface area contributed by atoms with Gasteiger partial charge in [-0.1, -0.05) is 0 Å². The van der Waals surface area contributed by atoms with Crippen molar-refractivity contribution in [3.05, 3.63) is 0 Å². The van der Waals surface area contributed by atoms with Crippen molar-refractivity contribution in [2.24, 2.45) is 0 Å². The molecule has 8 heavy (non-hydrogen) atoms. The predicted molar refractivity (Wildman–Crippen MR) is 21.8 cm³/mol. The van der Waals surface area contributed by atoms with Crippen LogP contribution in [0.1, 0.15) is 0 Å². The molecule has 5 N–H and O–H groups in total. The molecule has 0 aromatic heterocycles. The van der Waals surface area contributed by atoms with Crippen molar-refractivity contribution < 1.29 is 68.7 Å². The SMILES string of the molecule is O.OB(O)O.[B].[Na+].[V]. The standard InChI is InChI=1S/BH3O3.B.Na.H2O.V/c2-1(3)4;;;;/h2-4H;;;1H2;/q;;+1;;. The van der Waals surface area contributed by atoms with Gasteiger partial charge in [-0.25, -0.2) is 0 Å². The molecule has 4 nitrogen and oxygen atoms in total. The minimum atomic E-state index is -2.17. The fraction of sp³-hybridized carbons (Fsp3) is 0. The molecular weight excluding hydrogens is 160 g/mol. The largest absolute Gasteiger partial charge is 1.00 e. The first-order valence-electron chi connectivity index (χ1n) is 0.775.